The summed E-state index contributed by atoms with van der Waals surface area (Å²) < 4.78 is 0. The summed E-state index contributed by atoms with van der Waals surface area (Å²) in [6, 6.07) is 0.312. The lowest BCUT2D eigenvalue weighted by atomic mass is 9.70. The highest BCUT2D eigenvalue weighted by molar-refractivity contribution is 5.14. The monoisotopic (exact) mass is 223 g/mol. The van der Waals surface area contributed by atoms with Gasteiger partial charge in [-0.05, 0) is 40.8 Å². The van der Waals surface area contributed by atoms with Crippen molar-refractivity contribution in [2.24, 2.45) is 5.41 Å². The third-order valence-electron chi connectivity index (χ3n) is 3.57. The molecular weight excluding hydrogens is 198 g/mol. The Labute approximate surface area is 99.7 Å². The summed E-state index contributed by atoms with van der Waals surface area (Å²) in [5.41, 5.74) is 1.11. The van der Waals surface area contributed by atoms with E-state index in [1.807, 2.05) is 19.9 Å². The van der Waals surface area contributed by atoms with Crippen LogP contribution in [0.3, 0.4) is 0 Å². The van der Waals surface area contributed by atoms with E-state index in [-0.39, 0.29) is 11.5 Å². The zero-order valence-electron chi connectivity index (χ0n) is 11.2. The van der Waals surface area contributed by atoms with Crippen molar-refractivity contribution in [1.82, 2.24) is 4.90 Å². The number of likely N-dealkylation sites (N-methyl/N-ethyl adjacent to an activating group) is 1. The number of hydrogen-bond donors (Lipinski definition) is 1. The van der Waals surface area contributed by atoms with E-state index in [9.17, 15) is 5.11 Å². The molecule has 1 aliphatic rings. The minimum atomic E-state index is -0.366. The summed E-state index contributed by atoms with van der Waals surface area (Å²) in [5, 5.41) is 10.4. The van der Waals surface area contributed by atoms with Crippen molar-refractivity contribution in [3.05, 3.63) is 23.8 Å². The fourth-order valence-electron chi connectivity index (χ4n) is 2.58. The molecule has 92 valence electrons. The van der Waals surface area contributed by atoms with Gasteiger partial charge in [-0.1, -0.05) is 30.7 Å². The van der Waals surface area contributed by atoms with E-state index in [4.69, 9.17) is 0 Å². The van der Waals surface area contributed by atoms with Crippen LogP contribution in [0.15, 0.2) is 23.8 Å². The van der Waals surface area contributed by atoms with Crippen LogP contribution in [-0.2, 0) is 0 Å². The van der Waals surface area contributed by atoms with Gasteiger partial charge in [-0.2, -0.15) is 0 Å². The Kier molecular flexibility index (Phi) is 4.34. The second kappa shape index (κ2) is 5.15. The molecule has 0 radical (unpaired) electrons. The molecule has 0 aliphatic heterocycles. The quantitative estimate of drug-likeness (QED) is 0.743. The van der Waals surface area contributed by atoms with Crippen molar-refractivity contribution in [2.45, 2.75) is 45.8 Å². The average molecular weight is 223 g/mol. The number of rotatable bonds is 3. The SMILES string of the molecule is CC(C)=C[C@@H](O)[C@@]1(C)CCC=C[C@H]1N(C)C. The van der Waals surface area contributed by atoms with Gasteiger partial charge >= 0.3 is 0 Å². The third-order valence-corrected chi connectivity index (χ3v) is 3.57. The summed E-state index contributed by atoms with van der Waals surface area (Å²) in [7, 11) is 4.15. The summed E-state index contributed by atoms with van der Waals surface area (Å²) in [6.07, 6.45) is 8.17. The largest absolute Gasteiger partial charge is 0.388 e. The van der Waals surface area contributed by atoms with Crippen molar-refractivity contribution in [1.29, 1.82) is 0 Å². The van der Waals surface area contributed by atoms with Crippen LogP contribution >= 0.6 is 0 Å². The molecule has 0 spiro atoms. The predicted octanol–water partition coefficient (Wildman–Crippen LogP) is 2.60. The molecule has 0 aromatic heterocycles. The van der Waals surface area contributed by atoms with E-state index >= 15 is 0 Å². The molecule has 0 fully saturated rings. The van der Waals surface area contributed by atoms with Crippen molar-refractivity contribution < 1.29 is 5.11 Å². The van der Waals surface area contributed by atoms with Crippen LogP contribution in [0.2, 0.25) is 0 Å². The van der Waals surface area contributed by atoms with Gasteiger partial charge in [-0.3, -0.25) is 0 Å². The van der Waals surface area contributed by atoms with Gasteiger partial charge in [-0.25, -0.2) is 0 Å². The first kappa shape index (κ1) is 13.5. The van der Waals surface area contributed by atoms with Crippen LogP contribution in [0.5, 0.6) is 0 Å². The van der Waals surface area contributed by atoms with Crippen LogP contribution in [0.1, 0.15) is 33.6 Å². The lowest BCUT2D eigenvalue weighted by molar-refractivity contribution is 0.0139. The molecule has 0 saturated carbocycles. The van der Waals surface area contributed by atoms with E-state index < -0.39 is 0 Å². The van der Waals surface area contributed by atoms with E-state index in [0.29, 0.717) is 6.04 Å². The lowest BCUT2D eigenvalue weighted by Gasteiger charge is -2.44. The smallest absolute Gasteiger partial charge is 0.0795 e. The molecule has 1 N–H and O–H groups in total. The standard InChI is InChI=1S/C14H25NO/c1-11(2)10-13(16)14(3)9-7-6-8-12(14)15(4)5/h6,8,10,12-13,16H,7,9H2,1-5H3/t12-,13-,14+/m1/s1. The molecule has 0 bridgehead atoms. The molecule has 16 heavy (non-hydrogen) atoms. The van der Waals surface area contributed by atoms with Crippen molar-refractivity contribution in [3.8, 4) is 0 Å². The molecule has 3 atom stereocenters. The van der Waals surface area contributed by atoms with Crippen molar-refractivity contribution in [3.63, 3.8) is 0 Å². The second-order valence-electron chi connectivity index (χ2n) is 5.57. The van der Waals surface area contributed by atoms with Gasteiger partial charge in [0.1, 0.15) is 0 Å². The van der Waals surface area contributed by atoms with E-state index in [1.54, 1.807) is 0 Å². The van der Waals surface area contributed by atoms with Gasteiger partial charge in [0, 0.05) is 11.5 Å². The topological polar surface area (TPSA) is 23.5 Å². The van der Waals surface area contributed by atoms with Crippen LogP contribution in [0, 0.1) is 5.41 Å². The highest BCUT2D eigenvalue weighted by Crippen LogP contribution is 2.38. The molecular formula is C14H25NO. The van der Waals surface area contributed by atoms with Crippen LogP contribution in [0.4, 0.5) is 0 Å². The molecule has 0 aromatic carbocycles. The Bertz CT molecular complexity index is 289. The minimum absolute atomic E-state index is 0.0739. The van der Waals surface area contributed by atoms with Gasteiger partial charge in [0.15, 0.2) is 0 Å². The molecule has 0 aromatic rings. The first-order chi connectivity index (χ1) is 7.38. The maximum Gasteiger partial charge on any atom is 0.0795 e. The van der Waals surface area contributed by atoms with E-state index in [1.165, 1.54) is 5.57 Å². The Balaban J connectivity index is 2.96. The molecule has 0 amide bonds. The Morgan fingerprint density at radius 2 is 2.12 bits per heavy atom. The predicted molar refractivity (Wildman–Crippen MR) is 69.4 cm³/mol. The Morgan fingerprint density at radius 1 is 1.50 bits per heavy atom. The first-order valence-corrected chi connectivity index (χ1v) is 6.04. The fraction of sp³-hybridized carbons (Fsp3) is 0.714. The normalized spacial score (nSPS) is 31.6. The van der Waals surface area contributed by atoms with Gasteiger partial charge < -0.3 is 10.0 Å². The average Bonchev–Trinajstić information content (AvgIpc) is 2.16. The van der Waals surface area contributed by atoms with E-state index in [0.717, 1.165) is 12.8 Å². The summed E-state index contributed by atoms with van der Waals surface area (Å²) in [6.45, 7) is 6.26. The Hall–Kier alpha value is -0.600. The second-order valence-corrected chi connectivity index (χ2v) is 5.57. The zero-order valence-corrected chi connectivity index (χ0v) is 11.2. The summed E-state index contributed by atoms with van der Waals surface area (Å²) >= 11 is 0. The van der Waals surface area contributed by atoms with Crippen LogP contribution < -0.4 is 0 Å². The number of hydrogen-bond acceptors (Lipinski definition) is 2. The third kappa shape index (κ3) is 2.74. The molecule has 0 unspecified atom stereocenters. The summed E-state index contributed by atoms with van der Waals surface area (Å²) in [4.78, 5) is 2.19. The van der Waals surface area contributed by atoms with Crippen LogP contribution in [-0.4, -0.2) is 36.2 Å². The van der Waals surface area contributed by atoms with Crippen molar-refractivity contribution in [2.75, 3.05) is 14.1 Å². The fourth-order valence-corrected chi connectivity index (χ4v) is 2.58. The Morgan fingerprint density at radius 3 is 2.62 bits per heavy atom. The minimum Gasteiger partial charge on any atom is -0.388 e. The molecule has 0 heterocycles. The van der Waals surface area contributed by atoms with Crippen LogP contribution in [0.25, 0.3) is 0 Å². The van der Waals surface area contributed by atoms with Crippen molar-refractivity contribution >= 4 is 0 Å². The van der Waals surface area contributed by atoms with Gasteiger partial charge in [-0.15, -0.1) is 0 Å². The van der Waals surface area contributed by atoms with E-state index in [2.05, 4.69) is 38.1 Å². The first-order valence-electron chi connectivity index (χ1n) is 6.04. The van der Waals surface area contributed by atoms with Gasteiger partial charge in [0.05, 0.1) is 6.10 Å². The lowest BCUT2D eigenvalue weighted by Crippen LogP contribution is -2.49. The number of allylic oxidation sites excluding steroid dienone is 2. The summed E-state index contributed by atoms with van der Waals surface area (Å²) in [5.74, 6) is 0. The van der Waals surface area contributed by atoms with Gasteiger partial charge in [0.25, 0.3) is 0 Å². The molecule has 2 heteroatoms. The maximum absolute atomic E-state index is 10.4. The zero-order chi connectivity index (χ0) is 12.3. The molecule has 1 rings (SSSR count). The number of aliphatic hydroxyl groups is 1. The highest BCUT2D eigenvalue weighted by atomic mass is 16.3. The maximum atomic E-state index is 10.4. The van der Waals surface area contributed by atoms with Gasteiger partial charge in [0.2, 0.25) is 0 Å². The number of nitrogens with zero attached hydrogens (tertiary/aromatic N) is 1. The molecule has 0 saturated heterocycles. The number of aliphatic hydroxyl groups excluding tert-OH is 1. The highest BCUT2D eigenvalue weighted by Gasteiger charge is 2.40. The molecule has 2 nitrogen and oxygen atoms in total. The molecule has 1 aliphatic carbocycles.